The van der Waals surface area contributed by atoms with Crippen LogP contribution in [-0.4, -0.2) is 39.1 Å². The third-order valence-corrected chi connectivity index (χ3v) is 6.95. The van der Waals surface area contributed by atoms with Crippen LogP contribution in [0.2, 0.25) is 0 Å². The Morgan fingerprint density at radius 1 is 1.33 bits per heavy atom. The summed E-state index contributed by atoms with van der Waals surface area (Å²) >= 11 is 0.966. The van der Waals surface area contributed by atoms with Gasteiger partial charge in [0.1, 0.15) is 23.2 Å². The van der Waals surface area contributed by atoms with Gasteiger partial charge >= 0.3 is 5.69 Å². The molecule has 0 saturated heterocycles. The number of benzene rings is 1. The van der Waals surface area contributed by atoms with E-state index < -0.39 is 38.6 Å². The first-order chi connectivity index (χ1) is 12.7. The first kappa shape index (κ1) is 18.2. The summed E-state index contributed by atoms with van der Waals surface area (Å²) in [6, 6.07) is 2.05. The number of aromatic nitrogens is 4. The standard InChI is InChI=1S/C15H15F2N5O3S2/c1-8-18-13(26-19-8)22-11-6-12(9(17)5-10(11)21(2)14(22)23)27(24,25)20-15(7-16)3-4-15/h5-6,20H,3-4,7H2,1-2H3. The molecule has 27 heavy (non-hydrogen) atoms. The zero-order valence-corrected chi connectivity index (χ0v) is 16.0. The molecule has 8 nitrogen and oxygen atoms in total. The molecule has 1 aliphatic rings. The molecule has 4 rings (SSSR count). The zero-order valence-electron chi connectivity index (χ0n) is 14.4. The van der Waals surface area contributed by atoms with E-state index in [-0.39, 0.29) is 16.2 Å². The quantitative estimate of drug-likeness (QED) is 0.679. The number of fused-ring (bicyclic) bond motifs is 1. The van der Waals surface area contributed by atoms with E-state index in [1.54, 1.807) is 6.92 Å². The fraction of sp³-hybridized carbons (Fsp3) is 0.400. The number of hydrogen-bond acceptors (Lipinski definition) is 6. The molecule has 0 aliphatic heterocycles. The number of alkyl halides is 1. The van der Waals surface area contributed by atoms with Gasteiger partial charge < -0.3 is 0 Å². The number of rotatable bonds is 5. The Bertz CT molecular complexity index is 1220. The van der Waals surface area contributed by atoms with E-state index in [4.69, 9.17) is 0 Å². The van der Waals surface area contributed by atoms with Gasteiger partial charge in [0.05, 0.1) is 16.6 Å². The minimum absolute atomic E-state index is 0.172. The summed E-state index contributed by atoms with van der Waals surface area (Å²) in [5.74, 6) is -0.569. The molecule has 1 N–H and O–H groups in total. The normalized spacial score (nSPS) is 16.1. The highest BCUT2D eigenvalue weighted by molar-refractivity contribution is 7.89. The summed E-state index contributed by atoms with van der Waals surface area (Å²) in [6.45, 7) is 0.790. The topological polar surface area (TPSA) is 98.9 Å². The molecule has 2 heterocycles. The number of sulfonamides is 1. The summed E-state index contributed by atoms with van der Waals surface area (Å²) in [7, 11) is -2.86. The van der Waals surface area contributed by atoms with Crippen molar-refractivity contribution in [2.24, 2.45) is 7.05 Å². The number of hydrogen-bond donors (Lipinski definition) is 1. The van der Waals surface area contributed by atoms with Crippen molar-refractivity contribution >= 4 is 32.6 Å². The Morgan fingerprint density at radius 2 is 2.04 bits per heavy atom. The summed E-state index contributed by atoms with van der Waals surface area (Å²) in [6.07, 6.45) is 0.708. The molecule has 1 aliphatic carbocycles. The summed E-state index contributed by atoms with van der Waals surface area (Å²) in [4.78, 5) is 16.1. The van der Waals surface area contributed by atoms with Gasteiger partial charge in [-0.25, -0.2) is 36.3 Å². The third-order valence-electron chi connectivity index (χ3n) is 4.57. The van der Waals surface area contributed by atoms with Crippen LogP contribution >= 0.6 is 11.5 Å². The molecule has 1 aromatic carbocycles. The van der Waals surface area contributed by atoms with Crippen LogP contribution in [0.1, 0.15) is 18.7 Å². The van der Waals surface area contributed by atoms with Crippen molar-refractivity contribution in [3.05, 3.63) is 34.3 Å². The molecule has 0 atom stereocenters. The van der Waals surface area contributed by atoms with Crippen molar-refractivity contribution in [2.45, 2.75) is 30.2 Å². The lowest BCUT2D eigenvalue weighted by atomic mass is 10.3. The maximum atomic E-state index is 14.6. The summed E-state index contributed by atoms with van der Waals surface area (Å²) < 4.78 is 61.5. The molecule has 0 radical (unpaired) electrons. The summed E-state index contributed by atoms with van der Waals surface area (Å²) in [5.41, 5.74) is -1.29. The molecule has 2 aromatic heterocycles. The van der Waals surface area contributed by atoms with E-state index >= 15 is 0 Å². The van der Waals surface area contributed by atoms with Crippen LogP contribution in [0.5, 0.6) is 0 Å². The summed E-state index contributed by atoms with van der Waals surface area (Å²) in [5, 5.41) is 0.244. The van der Waals surface area contributed by atoms with E-state index in [1.807, 2.05) is 0 Å². The van der Waals surface area contributed by atoms with E-state index in [2.05, 4.69) is 14.1 Å². The molecule has 0 bridgehead atoms. The van der Waals surface area contributed by atoms with Gasteiger partial charge in [-0.2, -0.15) is 4.37 Å². The molecular formula is C15H15F2N5O3S2. The van der Waals surface area contributed by atoms with Crippen molar-refractivity contribution < 1.29 is 17.2 Å². The monoisotopic (exact) mass is 415 g/mol. The highest BCUT2D eigenvalue weighted by Gasteiger charge is 2.46. The number of nitrogens with zero attached hydrogens (tertiary/aromatic N) is 4. The average Bonchev–Trinajstić information content (AvgIpc) is 3.17. The van der Waals surface area contributed by atoms with E-state index in [0.29, 0.717) is 18.7 Å². The van der Waals surface area contributed by atoms with Gasteiger partial charge in [-0.3, -0.25) is 4.57 Å². The lowest BCUT2D eigenvalue weighted by Crippen LogP contribution is -2.38. The van der Waals surface area contributed by atoms with E-state index in [0.717, 1.165) is 23.7 Å². The molecule has 0 spiro atoms. The Kier molecular flexibility index (Phi) is 3.98. The van der Waals surface area contributed by atoms with Gasteiger partial charge in [-0.1, -0.05) is 0 Å². The van der Waals surface area contributed by atoms with Gasteiger partial charge in [0.2, 0.25) is 15.2 Å². The van der Waals surface area contributed by atoms with E-state index in [9.17, 15) is 22.0 Å². The molecule has 1 fully saturated rings. The average molecular weight is 415 g/mol. The first-order valence-electron chi connectivity index (χ1n) is 7.99. The van der Waals surface area contributed by atoms with Crippen LogP contribution in [0.25, 0.3) is 16.2 Å². The van der Waals surface area contributed by atoms with Crippen molar-refractivity contribution in [3.63, 3.8) is 0 Å². The minimum atomic E-state index is -4.31. The Balaban J connectivity index is 1.94. The van der Waals surface area contributed by atoms with Gasteiger partial charge in [0, 0.05) is 24.6 Å². The van der Waals surface area contributed by atoms with Crippen LogP contribution in [0.3, 0.4) is 0 Å². The first-order valence-corrected chi connectivity index (χ1v) is 10.2. The van der Waals surface area contributed by atoms with Crippen LogP contribution in [0, 0.1) is 12.7 Å². The third kappa shape index (κ3) is 2.87. The number of aryl methyl sites for hydroxylation is 2. The van der Waals surface area contributed by atoms with Crippen LogP contribution in [0.4, 0.5) is 8.78 Å². The molecular weight excluding hydrogens is 400 g/mol. The molecule has 0 unspecified atom stereocenters. The Hall–Kier alpha value is -2.18. The van der Waals surface area contributed by atoms with Gasteiger partial charge in [-0.15, -0.1) is 0 Å². The highest BCUT2D eigenvalue weighted by Crippen LogP contribution is 2.37. The van der Waals surface area contributed by atoms with Crippen molar-refractivity contribution in [3.8, 4) is 5.13 Å². The van der Waals surface area contributed by atoms with Gasteiger partial charge in [-0.05, 0) is 25.8 Å². The molecule has 0 amide bonds. The second kappa shape index (κ2) is 5.91. The van der Waals surface area contributed by atoms with Crippen LogP contribution < -0.4 is 10.4 Å². The smallest absolute Gasteiger partial charge is 0.295 e. The van der Waals surface area contributed by atoms with Crippen molar-refractivity contribution in [1.82, 2.24) is 23.2 Å². The minimum Gasteiger partial charge on any atom is -0.295 e. The molecule has 12 heteroatoms. The number of halogens is 2. The fourth-order valence-electron chi connectivity index (χ4n) is 2.86. The SMILES string of the molecule is Cc1nsc(-n2c(=O)n(C)c3cc(F)c(S(=O)(=O)NC4(CF)CC4)cc32)n1. The second-order valence-corrected chi connectivity index (χ2v) is 8.97. The predicted octanol–water partition coefficient (Wildman–Crippen LogP) is 1.41. The zero-order chi connectivity index (χ0) is 19.6. The van der Waals surface area contributed by atoms with Crippen molar-refractivity contribution in [2.75, 3.05) is 6.67 Å². The number of imidazole rings is 1. The van der Waals surface area contributed by atoms with Gasteiger partial charge in [0.15, 0.2) is 0 Å². The van der Waals surface area contributed by atoms with Crippen LogP contribution in [-0.2, 0) is 17.1 Å². The predicted molar refractivity (Wildman–Crippen MR) is 94.9 cm³/mol. The largest absolute Gasteiger partial charge is 0.335 e. The van der Waals surface area contributed by atoms with E-state index in [1.165, 1.54) is 16.2 Å². The second-order valence-electron chi connectivity index (χ2n) is 6.59. The fourth-order valence-corrected chi connectivity index (χ4v) is 5.06. The molecule has 1 saturated carbocycles. The van der Waals surface area contributed by atoms with Crippen LogP contribution in [0.15, 0.2) is 21.8 Å². The Morgan fingerprint density at radius 3 is 2.59 bits per heavy atom. The maximum absolute atomic E-state index is 14.6. The Labute approximate surface area is 156 Å². The van der Waals surface area contributed by atoms with Gasteiger partial charge in [0.25, 0.3) is 0 Å². The van der Waals surface area contributed by atoms with Crippen molar-refractivity contribution in [1.29, 1.82) is 0 Å². The lowest BCUT2D eigenvalue weighted by molar-refractivity contribution is 0.392. The number of nitrogens with one attached hydrogen (secondary N) is 1. The molecule has 3 aromatic rings. The molecule has 144 valence electrons. The lowest BCUT2D eigenvalue weighted by Gasteiger charge is -2.14. The highest BCUT2D eigenvalue weighted by atomic mass is 32.2. The maximum Gasteiger partial charge on any atom is 0.335 e.